The highest BCUT2D eigenvalue weighted by atomic mass is 127. The van der Waals surface area contributed by atoms with Gasteiger partial charge in [0, 0.05) is 36.0 Å². The molecule has 1 saturated heterocycles. The zero-order chi connectivity index (χ0) is 23.4. The molecule has 0 radical (unpaired) electrons. The SMILES string of the molecule is CCCCCC1(CC[C@H]2[C@H](CI)CC(=O)[C@@H]2CC=CCCCC(=O)OC(C)C)OCCO1. The average Bonchev–Trinajstić information content (AvgIpc) is 3.33. The molecular formula is C26H43IO5. The smallest absolute Gasteiger partial charge is 0.306 e. The normalized spacial score (nSPS) is 25.3. The number of Topliss-reactive ketones (excluding diaryl/α,β-unsaturated/α-hetero) is 1. The highest BCUT2D eigenvalue weighted by molar-refractivity contribution is 14.1. The molecule has 5 nitrogen and oxygen atoms in total. The van der Waals surface area contributed by atoms with Gasteiger partial charge < -0.3 is 14.2 Å². The number of rotatable bonds is 15. The molecule has 0 aromatic carbocycles. The molecule has 6 heteroatoms. The number of halogens is 1. The summed E-state index contributed by atoms with van der Waals surface area (Å²) in [6.07, 6.45) is 14.2. The lowest BCUT2D eigenvalue weighted by Gasteiger charge is -2.31. The molecule has 2 fully saturated rings. The predicted molar refractivity (Wildman–Crippen MR) is 136 cm³/mol. The van der Waals surface area contributed by atoms with Gasteiger partial charge in [-0.3, -0.25) is 9.59 Å². The first-order valence-corrected chi connectivity index (χ1v) is 14.1. The Labute approximate surface area is 208 Å². The first kappa shape index (κ1) is 27.8. The highest BCUT2D eigenvalue weighted by Gasteiger charge is 2.43. The summed E-state index contributed by atoms with van der Waals surface area (Å²) in [6.45, 7) is 7.32. The third-order valence-electron chi connectivity index (χ3n) is 6.71. The van der Waals surface area contributed by atoms with E-state index in [9.17, 15) is 9.59 Å². The molecule has 0 unspecified atom stereocenters. The van der Waals surface area contributed by atoms with Crippen molar-refractivity contribution in [2.45, 2.75) is 103 Å². The standard InChI is InChI=1S/C26H43IO5/c1-4-5-10-14-26(30-16-17-31-26)15-13-22-21(19-27)18-24(28)23(22)11-8-6-7-9-12-25(29)32-20(2)3/h6,8,20-23H,4-5,7,9-19H2,1-3H3/t21-,22-,23+/m0/s1. The van der Waals surface area contributed by atoms with Crippen LogP contribution in [0.2, 0.25) is 0 Å². The second-order valence-corrected chi connectivity index (χ2v) is 10.5. The van der Waals surface area contributed by atoms with Crippen molar-refractivity contribution in [1.82, 2.24) is 0 Å². The van der Waals surface area contributed by atoms with Crippen LogP contribution in [-0.4, -0.2) is 41.3 Å². The van der Waals surface area contributed by atoms with Crippen molar-refractivity contribution in [1.29, 1.82) is 0 Å². The molecule has 32 heavy (non-hydrogen) atoms. The summed E-state index contributed by atoms with van der Waals surface area (Å²) in [5, 5.41) is 0. The Morgan fingerprint density at radius 1 is 1.19 bits per heavy atom. The monoisotopic (exact) mass is 562 g/mol. The van der Waals surface area contributed by atoms with Crippen molar-refractivity contribution >= 4 is 34.3 Å². The van der Waals surface area contributed by atoms with Gasteiger partial charge >= 0.3 is 5.97 Å². The van der Waals surface area contributed by atoms with Gasteiger partial charge in [0.05, 0.1) is 19.3 Å². The summed E-state index contributed by atoms with van der Waals surface area (Å²) in [5.41, 5.74) is 0. The zero-order valence-corrected chi connectivity index (χ0v) is 22.4. The number of carbonyl (C=O) groups is 2. The van der Waals surface area contributed by atoms with Crippen LogP contribution < -0.4 is 0 Å². The number of esters is 1. The second-order valence-electron chi connectivity index (χ2n) is 9.60. The van der Waals surface area contributed by atoms with Crippen molar-refractivity contribution in [2.24, 2.45) is 17.8 Å². The molecule has 0 spiro atoms. The second kappa shape index (κ2) is 14.7. The summed E-state index contributed by atoms with van der Waals surface area (Å²) in [4.78, 5) is 24.4. The van der Waals surface area contributed by atoms with Crippen LogP contribution in [0, 0.1) is 17.8 Å². The minimum atomic E-state index is -0.429. The number of ether oxygens (including phenoxy) is 3. The van der Waals surface area contributed by atoms with Crippen LogP contribution in [-0.2, 0) is 23.8 Å². The van der Waals surface area contributed by atoms with E-state index in [4.69, 9.17) is 14.2 Å². The van der Waals surface area contributed by atoms with E-state index in [-0.39, 0.29) is 18.0 Å². The lowest BCUT2D eigenvalue weighted by molar-refractivity contribution is -0.171. The van der Waals surface area contributed by atoms with E-state index < -0.39 is 5.79 Å². The zero-order valence-electron chi connectivity index (χ0n) is 20.3. The Kier molecular flexibility index (Phi) is 12.8. The third kappa shape index (κ3) is 9.05. The number of hydrogen-bond donors (Lipinski definition) is 0. The molecule has 0 aromatic heterocycles. The van der Waals surface area contributed by atoms with Crippen LogP contribution in [0.3, 0.4) is 0 Å². The number of carbonyl (C=O) groups excluding carboxylic acids is 2. The van der Waals surface area contributed by atoms with Crippen LogP contribution >= 0.6 is 22.6 Å². The topological polar surface area (TPSA) is 61.8 Å². The minimum absolute atomic E-state index is 0.0555. The lowest BCUT2D eigenvalue weighted by Crippen LogP contribution is -2.32. The van der Waals surface area contributed by atoms with Gasteiger partial charge in [-0.05, 0) is 57.8 Å². The van der Waals surface area contributed by atoms with Crippen molar-refractivity contribution in [3.8, 4) is 0 Å². The summed E-state index contributed by atoms with van der Waals surface area (Å²) in [5.74, 6) is 0.818. The van der Waals surface area contributed by atoms with Gasteiger partial charge in [0.2, 0.25) is 0 Å². The molecule has 0 aromatic rings. The maximum absolute atomic E-state index is 12.8. The molecule has 0 bridgehead atoms. The average molecular weight is 563 g/mol. The fourth-order valence-corrected chi connectivity index (χ4v) is 5.99. The molecular weight excluding hydrogens is 519 g/mol. The Morgan fingerprint density at radius 2 is 1.94 bits per heavy atom. The Balaban J connectivity index is 1.84. The Hall–Kier alpha value is -0.470. The quantitative estimate of drug-likeness (QED) is 0.0759. The molecule has 2 rings (SSSR count). The summed E-state index contributed by atoms with van der Waals surface area (Å²) in [7, 11) is 0. The number of ketones is 1. The van der Waals surface area contributed by atoms with E-state index in [0.29, 0.717) is 43.7 Å². The van der Waals surface area contributed by atoms with Crippen molar-refractivity contribution in [2.75, 3.05) is 17.6 Å². The fraction of sp³-hybridized carbons (Fsp3) is 0.846. The van der Waals surface area contributed by atoms with Gasteiger partial charge in [-0.25, -0.2) is 0 Å². The molecule has 1 saturated carbocycles. The number of alkyl halides is 1. The Bertz CT molecular complexity index is 597. The van der Waals surface area contributed by atoms with Crippen molar-refractivity contribution < 1.29 is 23.8 Å². The molecule has 1 heterocycles. The minimum Gasteiger partial charge on any atom is -0.463 e. The summed E-state index contributed by atoms with van der Waals surface area (Å²) >= 11 is 2.44. The molecule has 3 atom stereocenters. The third-order valence-corrected chi connectivity index (χ3v) is 7.84. The maximum Gasteiger partial charge on any atom is 0.306 e. The van der Waals surface area contributed by atoms with Crippen LogP contribution in [0.5, 0.6) is 0 Å². The Morgan fingerprint density at radius 3 is 2.59 bits per heavy atom. The molecule has 0 N–H and O–H groups in total. The maximum atomic E-state index is 12.8. The van der Waals surface area contributed by atoms with Crippen LogP contribution in [0.15, 0.2) is 12.2 Å². The van der Waals surface area contributed by atoms with Gasteiger partial charge in [0.1, 0.15) is 5.78 Å². The summed E-state index contributed by atoms with van der Waals surface area (Å²) < 4.78 is 18.4. The van der Waals surface area contributed by atoms with Crippen molar-refractivity contribution in [3.05, 3.63) is 12.2 Å². The molecule has 1 aliphatic carbocycles. The van der Waals surface area contributed by atoms with Gasteiger partial charge in [-0.2, -0.15) is 0 Å². The van der Waals surface area contributed by atoms with E-state index in [1.165, 1.54) is 12.8 Å². The lowest BCUT2D eigenvalue weighted by atomic mass is 9.82. The fourth-order valence-electron chi connectivity index (χ4n) is 5.03. The van der Waals surface area contributed by atoms with Crippen LogP contribution in [0.25, 0.3) is 0 Å². The van der Waals surface area contributed by atoms with E-state index >= 15 is 0 Å². The molecule has 2 aliphatic rings. The first-order chi connectivity index (χ1) is 15.4. The number of allylic oxidation sites excluding steroid dienone is 2. The van der Waals surface area contributed by atoms with Gasteiger partial charge in [0.15, 0.2) is 5.79 Å². The predicted octanol–water partition coefficient (Wildman–Crippen LogP) is 6.41. The van der Waals surface area contributed by atoms with Gasteiger partial charge in [0.25, 0.3) is 0 Å². The molecule has 0 amide bonds. The number of hydrogen-bond acceptors (Lipinski definition) is 5. The van der Waals surface area contributed by atoms with E-state index in [2.05, 4.69) is 41.7 Å². The molecule has 184 valence electrons. The highest BCUT2D eigenvalue weighted by Crippen LogP contribution is 2.43. The van der Waals surface area contributed by atoms with E-state index in [0.717, 1.165) is 49.4 Å². The van der Waals surface area contributed by atoms with Gasteiger partial charge in [-0.1, -0.05) is 54.5 Å². The van der Waals surface area contributed by atoms with E-state index in [1.54, 1.807) is 0 Å². The van der Waals surface area contributed by atoms with Crippen molar-refractivity contribution in [3.63, 3.8) is 0 Å². The largest absolute Gasteiger partial charge is 0.463 e. The van der Waals surface area contributed by atoms with Crippen LogP contribution in [0.1, 0.15) is 91.4 Å². The number of unbranched alkanes of at least 4 members (excludes halogenated alkanes) is 3. The first-order valence-electron chi connectivity index (χ1n) is 12.6. The van der Waals surface area contributed by atoms with E-state index in [1.807, 2.05) is 13.8 Å². The molecule has 1 aliphatic heterocycles. The van der Waals surface area contributed by atoms with Crippen LogP contribution in [0.4, 0.5) is 0 Å². The van der Waals surface area contributed by atoms with Gasteiger partial charge in [-0.15, -0.1) is 0 Å². The summed E-state index contributed by atoms with van der Waals surface area (Å²) in [6, 6.07) is 0.